The van der Waals surface area contributed by atoms with Crippen LogP contribution in [0.1, 0.15) is 57.3 Å². The van der Waals surface area contributed by atoms with E-state index >= 15 is 0 Å². The molecule has 0 saturated heterocycles. The third-order valence-corrected chi connectivity index (χ3v) is 6.47. The molecule has 1 amide bonds. The highest BCUT2D eigenvalue weighted by atomic mass is 19.2. The summed E-state index contributed by atoms with van der Waals surface area (Å²) in [5.41, 5.74) is 9.16. The Morgan fingerprint density at radius 2 is 1.97 bits per heavy atom. The van der Waals surface area contributed by atoms with Crippen LogP contribution in [0.4, 0.5) is 26.2 Å². The average Bonchev–Trinajstić information content (AvgIpc) is 3.39. The van der Waals surface area contributed by atoms with Crippen molar-refractivity contribution in [3.63, 3.8) is 0 Å². The number of carbonyl (C=O) groups is 1. The number of nitrogens with zero attached hydrogens (tertiary/aromatic N) is 5. The number of aromatic nitrogens is 4. The topological polar surface area (TPSA) is 155 Å². The maximum absolute atomic E-state index is 13.7. The van der Waals surface area contributed by atoms with Crippen LogP contribution in [0.25, 0.3) is 0 Å². The third-order valence-electron chi connectivity index (χ3n) is 6.47. The van der Waals surface area contributed by atoms with Crippen molar-refractivity contribution in [3.8, 4) is 6.07 Å². The Bertz CT molecular complexity index is 1590. The second kappa shape index (κ2) is 10.7. The molecule has 0 aliphatic carbocycles. The Balaban J connectivity index is 1.30. The number of carbonyl (C=O) groups excluding carboxylic acids is 1. The fourth-order valence-corrected chi connectivity index (χ4v) is 4.39. The zero-order valence-corrected chi connectivity index (χ0v) is 20.7. The van der Waals surface area contributed by atoms with Crippen molar-refractivity contribution in [2.24, 2.45) is 0 Å². The van der Waals surface area contributed by atoms with Gasteiger partial charge in [0.15, 0.2) is 28.8 Å². The van der Waals surface area contributed by atoms with Gasteiger partial charge >= 0.3 is 0 Å². The molecule has 5 rings (SSSR count). The van der Waals surface area contributed by atoms with E-state index < -0.39 is 23.6 Å². The van der Waals surface area contributed by atoms with Gasteiger partial charge in [0.25, 0.3) is 5.91 Å². The lowest BCUT2D eigenvalue weighted by molar-refractivity contribution is 0.0935. The summed E-state index contributed by atoms with van der Waals surface area (Å²) in [5, 5.41) is 18.3. The number of nitrogens with one attached hydrogen (secondary N) is 3. The second-order valence-electron chi connectivity index (χ2n) is 8.98. The normalized spacial score (nSPS) is 14.6. The van der Waals surface area contributed by atoms with Gasteiger partial charge < -0.3 is 21.7 Å². The standard InChI is InChI=1S/C27H23F2N9O/c1-14(17-6-7-20(28)21(29)8-17)37-27(39)23-26(33-11-18(9-30)38-23)32-10-15-2-4-16(5-3-15)19-12-34-25-22(19)24(31)35-13-36-25/h2-8,11,13-14,19H,10,12H2,1H3,(H,32,33)(H,37,39)(H3,31,34,35,36)/t14-,19?/m0/s1. The molecule has 5 N–H and O–H groups in total. The lowest BCUT2D eigenvalue weighted by Gasteiger charge is -2.16. The van der Waals surface area contributed by atoms with Gasteiger partial charge in [-0.15, -0.1) is 0 Å². The van der Waals surface area contributed by atoms with Crippen molar-refractivity contribution in [1.29, 1.82) is 5.26 Å². The van der Waals surface area contributed by atoms with Crippen molar-refractivity contribution in [3.05, 3.63) is 100 Å². The number of amides is 1. The first kappa shape index (κ1) is 25.5. The largest absolute Gasteiger partial charge is 0.383 e. The summed E-state index contributed by atoms with van der Waals surface area (Å²) in [6.45, 7) is 2.61. The number of fused-ring (bicyclic) bond motifs is 1. The number of nitrogens with two attached hydrogens (primary N) is 1. The summed E-state index contributed by atoms with van der Waals surface area (Å²) in [5.74, 6) is -1.23. The summed E-state index contributed by atoms with van der Waals surface area (Å²) in [7, 11) is 0. The molecule has 0 radical (unpaired) electrons. The van der Waals surface area contributed by atoms with Crippen molar-refractivity contribution in [1.82, 2.24) is 25.3 Å². The van der Waals surface area contributed by atoms with Gasteiger partial charge in [-0.3, -0.25) is 4.79 Å². The van der Waals surface area contributed by atoms with Gasteiger partial charge in [-0.2, -0.15) is 5.26 Å². The molecule has 39 heavy (non-hydrogen) atoms. The highest BCUT2D eigenvalue weighted by Crippen LogP contribution is 2.37. The summed E-state index contributed by atoms with van der Waals surface area (Å²) in [4.78, 5) is 29.7. The summed E-state index contributed by atoms with van der Waals surface area (Å²) in [6, 6.07) is 12.5. The van der Waals surface area contributed by atoms with Gasteiger partial charge in [0.05, 0.1) is 12.2 Å². The molecule has 12 heteroatoms. The van der Waals surface area contributed by atoms with E-state index in [4.69, 9.17) is 5.73 Å². The van der Waals surface area contributed by atoms with E-state index in [2.05, 4.69) is 35.9 Å². The molecule has 1 unspecified atom stereocenters. The number of benzene rings is 2. The summed E-state index contributed by atoms with van der Waals surface area (Å²) >= 11 is 0. The molecule has 2 aromatic carbocycles. The molecule has 0 bridgehead atoms. The Morgan fingerprint density at radius 3 is 2.72 bits per heavy atom. The molecule has 1 aliphatic rings. The number of anilines is 3. The van der Waals surface area contributed by atoms with Crippen LogP contribution in [0, 0.1) is 23.0 Å². The molecule has 0 fully saturated rings. The number of hydrogen-bond acceptors (Lipinski definition) is 9. The minimum atomic E-state index is -1.02. The number of nitriles is 1. The molecule has 196 valence electrons. The first-order valence-electron chi connectivity index (χ1n) is 12.0. The molecule has 2 aromatic heterocycles. The van der Waals surface area contributed by atoms with Crippen LogP contribution in [0.2, 0.25) is 0 Å². The highest BCUT2D eigenvalue weighted by Gasteiger charge is 2.28. The molecule has 0 saturated carbocycles. The Hall–Kier alpha value is -5.18. The fourth-order valence-electron chi connectivity index (χ4n) is 4.39. The lowest BCUT2D eigenvalue weighted by Crippen LogP contribution is -2.29. The fraction of sp³-hybridized carbons (Fsp3) is 0.185. The second-order valence-corrected chi connectivity index (χ2v) is 8.98. The van der Waals surface area contributed by atoms with E-state index in [0.717, 1.165) is 34.6 Å². The van der Waals surface area contributed by atoms with Crippen LogP contribution in [0.15, 0.2) is 55.0 Å². The minimum Gasteiger partial charge on any atom is -0.383 e. The van der Waals surface area contributed by atoms with Crippen LogP contribution in [-0.2, 0) is 6.54 Å². The van der Waals surface area contributed by atoms with Gasteiger partial charge in [0.1, 0.15) is 24.0 Å². The van der Waals surface area contributed by atoms with Crippen molar-refractivity contribution in [2.75, 3.05) is 22.9 Å². The molecule has 1 aliphatic heterocycles. The van der Waals surface area contributed by atoms with Crippen LogP contribution >= 0.6 is 0 Å². The lowest BCUT2D eigenvalue weighted by atomic mass is 9.93. The van der Waals surface area contributed by atoms with Crippen LogP contribution in [0.3, 0.4) is 0 Å². The zero-order valence-electron chi connectivity index (χ0n) is 20.7. The minimum absolute atomic E-state index is 0.0273. The third kappa shape index (κ3) is 5.28. The molecule has 2 atom stereocenters. The zero-order chi connectivity index (χ0) is 27.5. The maximum Gasteiger partial charge on any atom is 0.274 e. The first-order valence-corrected chi connectivity index (χ1v) is 12.0. The summed E-state index contributed by atoms with van der Waals surface area (Å²) < 4.78 is 26.9. The quantitative estimate of drug-likeness (QED) is 0.282. The van der Waals surface area contributed by atoms with Gasteiger partial charge in [-0.1, -0.05) is 30.3 Å². The van der Waals surface area contributed by atoms with E-state index in [1.165, 1.54) is 18.6 Å². The number of nitrogen functional groups attached to an aromatic ring is 1. The molecule has 10 nitrogen and oxygen atoms in total. The Kier molecular flexibility index (Phi) is 6.96. The molecular formula is C27H23F2N9O. The van der Waals surface area contributed by atoms with Crippen LogP contribution in [0.5, 0.6) is 0 Å². The smallest absolute Gasteiger partial charge is 0.274 e. The molecule has 4 aromatic rings. The van der Waals surface area contributed by atoms with E-state index in [-0.39, 0.29) is 23.1 Å². The van der Waals surface area contributed by atoms with E-state index in [0.29, 0.717) is 24.5 Å². The number of hydrogen-bond donors (Lipinski definition) is 4. The predicted molar refractivity (Wildman–Crippen MR) is 140 cm³/mol. The predicted octanol–water partition coefficient (Wildman–Crippen LogP) is 3.66. The van der Waals surface area contributed by atoms with Gasteiger partial charge in [-0.05, 0) is 35.7 Å². The monoisotopic (exact) mass is 527 g/mol. The maximum atomic E-state index is 13.7. The van der Waals surface area contributed by atoms with Crippen molar-refractivity contribution >= 4 is 23.4 Å². The van der Waals surface area contributed by atoms with Crippen molar-refractivity contribution < 1.29 is 13.6 Å². The first-order chi connectivity index (χ1) is 18.8. The van der Waals surface area contributed by atoms with Crippen molar-refractivity contribution in [2.45, 2.75) is 25.4 Å². The van der Waals surface area contributed by atoms with Gasteiger partial charge in [-0.25, -0.2) is 28.7 Å². The average molecular weight is 528 g/mol. The van der Waals surface area contributed by atoms with Gasteiger partial charge in [0.2, 0.25) is 0 Å². The SMILES string of the molecule is C[C@H](NC(=O)c1nc(C#N)cnc1NCc1ccc(C2CNc3ncnc(N)c32)cc1)c1ccc(F)c(F)c1. The number of rotatable bonds is 7. The summed E-state index contributed by atoms with van der Waals surface area (Å²) in [6.07, 6.45) is 2.69. The Morgan fingerprint density at radius 1 is 1.18 bits per heavy atom. The van der Waals surface area contributed by atoms with Gasteiger partial charge in [0, 0.05) is 24.6 Å². The van der Waals surface area contributed by atoms with Crippen LogP contribution in [-0.4, -0.2) is 32.4 Å². The Labute approximate surface area is 222 Å². The van der Waals surface area contributed by atoms with E-state index in [1.807, 2.05) is 30.3 Å². The highest BCUT2D eigenvalue weighted by molar-refractivity contribution is 5.97. The molecular weight excluding hydrogens is 504 g/mol. The molecule has 0 spiro atoms. The molecule has 3 heterocycles. The van der Waals surface area contributed by atoms with E-state index in [9.17, 15) is 18.8 Å². The van der Waals surface area contributed by atoms with E-state index in [1.54, 1.807) is 6.92 Å². The van der Waals surface area contributed by atoms with Crippen LogP contribution < -0.4 is 21.7 Å². The number of halogens is 2.